The highest BCUT2D eigenvalue weighted by molar-refractivity contribution is 5.76. The summed E-state index contributed by atoms with van der Waals surface area (Å²) in [4.78, 5) is 4.62. The first-order valence-corrected chi connectivity index (χ1v) is 6.46. The molecule has 0 saturated heterocycles. The standard InChI is InChI=1S/C16H15FN2/c1-2-16-18-14-8-3-4-9-15(14)19(16)11-12-6-5-7-13(17)10-12/h3-10H,2,11H2,1H3. The van der Waals surface area contributed by atoms with Gasteiger partial charge in [0, 0.05) is 13.0 Å². The largest absolute Gasteiger partial charge is 0.323 e. The van der Waals surface area contributed by atoms with Crippen molar-refractivity contribution in [3.63, 3.8) is 0 Å². The van der Waals surface area contributed by atoms with E-state index in [9.17, 15) is 4.39 Å². The van der Waals surface area contributed by atoms with Gasteiger partial charge in [0.05, 0.1) is 11.0 Å². The summed E-state index contributed by atoms with van der Waals surface area (Å²) in [6, 6.07) is 14.8. The second-order valence-electron chi connectivity index (χ2n) is 4.59. The minimum absolute atomic E-state index is 0.194. The van der Waals surface area contributed by atoms with Gasteiger partial charge < -0.3 is 4.57 Å². The number of aromatic nitrogens is 2. The van der Waals surface area contributed by atoms with Crippen LogP contribution < -0.4 is 0 Å². The van der Waals surface area contributed by atoms with Gasteiger partial charge in [0.15, 0.2) is 0 Å². The number of fused-ring (bicyclic) bond motifs is 1. The van der Waals surface area contributed by atoms with Gasteiger partial charge in [-0.05, 0) is 29.8 Å². The van der Waals surface area contributed by atoms with Gasteiger partial charge in [-0.15, -0.1) is 0 Å². The van der Waals surface area contributed by atoms with E-state index in [4.69, 9.17) is 0 Å². The van der Waals surface area contributed by atoms with E-state index in [1.165, 1.54) is 6.07 Å². The smallest absolute Gasteiger partial charge is 0.123 e. The minimum atomic E-state index is -0.194. The van der Waals surface area contributed by atoms with Crippen molar-refractivity contribution in [1.82, 2.24) is 9.55 Å². The molecule has 1 aromatic heterocycles. The predicted molar refractivity (Wildman–Crippen MR) is 74.6 cm³/mol. The zero-order valence-electron chi connectivity index (χ0n) is 10.8. The van der Waals surface area contributed by atoms with E-state index < -0.39 is 0 Å². The van der Waals surface area contributed by atoms with Crippen molar-refractivity contribution in [3.8, 4) is 0 Å². The molecule has 0 unspecified atom stereocenters. The summed E-state index contributed by atoms with van der Waals surface area (Å²) in [5.41, 5.74) is 3.05. The Hall–Kier alpha value is -2.16. The van der Waals surface area contributed by atoms with Gasteiger partial charge in [-0.25, -0.2) is 9.37 Å². The van der Waals surface area contributed by atoms with Crippen LogP contribution in [-0.4, -0.2) is 9.55 Å². The molecule has 0 atom stereocenters. The van der Waals surface area contributed by atoms with E-state index in [0.29, 0.717) is 6.54 Å². The Kier molecular flexibility index (Phi) is 3.03. The molecule has 0 amide bonds. The first-order chi connectivity index (χ1) is 9.28. The Bertz CT molecular complexity index is 716. The molecular formula is C16H15FN2. The Balaban J connectivity index is 2.08. The average molecular weight is 254 g/mol. The SMILES string of the molecule is CCc1nc2ccccc2n1Cc1cccc(F)c1. The summed E-state index contributed by atoms with van der Waals surface area (Å²) >= 11 is 0. The molecule has 0 aliphatic carbocycles. The minimum Gasteiger partial charge on any atom is -0.323 e. The molecule has 0 saturated carbocycles. The maximum Gasteiger partial charge on any atom is 0.123 e. The molecule has 0 aliphatic heterocycles. The maximum atomic E-state index is 13.3. The van der Waals surface area contributed by atoms with E-state index in [0.717, 1.165) is 28.8 Å². The summed E-state index contributed by atoms with van der Waals surface area (Å²) < 4.78 is 15.4. The van der Waals surface area contributed by atoms with Crippen LogP contribution in [0.1, 0.15) is 18.3 Å². The van der Waals surface area contributed by atoms with E-state index >= 15 is 0 Å². The lowest BCUT2D eigenvalue weighted by molar-refractivity contribution is 0.623. The zero-order valence-corrected chi connectivity index (χ0v) is 10.8. The number of hydrogen-bond donors (Lipinski definition) is 0. The van der Waals surface area contributed by atoms with Crippen LogP contribution in [0.15, 0.2) is 48.5 Å². The Labute approximate surface area is 111 Å². The summed E-state index contributed by atoms with van der Waals surface area (Å²) in [7, 11) is 0. The third-order valence-corrected chi connectivity index (χ3v) is 3.28. The monoisotopic (exact) mass is 254 g/mol. The van der Waals surface area contributed by atoms with Crippen molar-refractivity contribution in [2.24, 2.45) is 0 Å². The first-order valence-electron chi connectivity index (χ1n) is 6.46. The fourth-order valence-electron chi connectivity index (χ4n) is 2.39. The van der Waals surface area contributed by atoms with Crippen LogP contribution in [-0.2, 0) is 13.0 Å². The fourth-order valence-corrected chi connectivity index (χ4v) is 2.39. The van der Waals surface area contributed by atoms with Gasteiger partial charge >= 0.3 is 0 Å². The molecule has 0 spiro atoms. The summed E-state index contributed by atoms with van der Waals surface area (Å²) in [6.45, 7) is 2.74. The van der Waals surface area contributed by atoms with Gasteiger partial charge in [0.1, 0.15) is 11.6 Å². The van der Waals surface area contributed by atoms with Crippen LogP contribution in [0, 0.1) is 5.82 Å². The highest BCUT2D eigenvalue weighted by Gasteiger charge is 2.09. The molecule has 0 aliphatic rings. The molecule has 3 heteroatoms. The number of benzene rings is 2. The number of imidazole rings is 1. The first kappa shape index (κ1) is 11.9. The van der Waals surface area contributed by atoms with Gasteiger partial charge in [-0.1, -0.05) is 31.2 Å². The van der Waals surface area contributed by atoms with Crippen LogP contribution in [0.4, 0.5) is 4.39 Å². The van der Waals surface area contributed by atoms with E-state index in [-0.39, 0.29) is 5.82 Å². The van der Waals surface area contributed by atoms with Gasteiger partial charge in [0.25, 0.3) is 0 Å². The van der Waals surface area contributed by atoms with E-state index in [1.54, 1.807) is 12.1 Å². The number of aryl methyl sites for hydroxylation is 1. The Morgan fingerprint density at radius 3 is 2.74 bits per heavy atom. The molecule has 0 bridgehead atoms. The molecule has 3 rings (SSSR count). The maximum absolute atomic E-state index is 13.3. The van der Waals surface area contributed by atoms with Gasteiger partial charge in [-0.2, -0.15) is 0 Å². The van der Waals surface area contributed by atoms with E-state index in [1.807, 2.05) is 24.3 Å². The van der Waals surface area contributed by atoms with Crippen LogP contribution in [0.5, 0.6) is 0 Å². The topological polar surface area (TPSA) is 17.8 Å². The molecule has 0 N–H and O–H groups in total. The van der Waals surface area contributed by atoms with Crippen molar-refractivity contribution in [2.75, 3.05) is 0 Å². The summed E-state index contributed by atoms with van der Waals surface area (Å²) in [6.07, 6.45) is 0.865. The molecule has 1 heterocycles. The van der Waals surface area contributed by atoms with Crippen LogP contribution >= 0.6 is 0 Å². The van der Waals surface area contributed by atoms with Crippen LogP contribution in [0.2, 0.25) is 0 Å². The molecule has 0 fully saturated rings. The molecule has 3 aromatic rings. The van der Waals surface area contributed by atoms with E-state index in [2.05, 4.69) is 22.5 Å². The van der Waals surface area contributed by atoms with Crippen LogP contribution in [0.3, 0.4) is 0 Å². The number of nitrogens with zero attached hydrogens (tertiary/aromatic N) is 2. The second kappa shape index (κ2) is 4.84. The van der Waals surface area contributed by atoms with Crippen molar-refractivity contribution in [2.45, 2.75) is 19.9 Å². The fraction of sp³-hybridized carbons (Fsp3) is 0.188. The van der Waals surface area contributed by atoms with Crippen molar-refractivity contribution in [1.29, 1.82) is 0 Å². The summed E-state index contributed by atoms with van der Waals surface area (Å²) in [5, 5.41) is 0. The third-order valence-electron chi connectivity index (χ3n) is 3.28. The molecule has 0 radical (unpaired) electrons. The molecule has 19 heavy (non-hydrogen) atoms. The predicted octanol–water partition coefficient (Wildman–Crippen LogP) is 3.79. The molecule has 96 valence electrons. The molecular weight excluding hydrogens is 239 g/mol. The van der Waals surface area contributed by atoms with Crippen molar-refractivity contribution in [3.05, 3.63) is 65.7 Å². The highest BCUT2D eigenvalue weighted by atomic mass is 19.1. The lowest BCUT2D eigenvalue weighted by Crippen LogP contribution is -2.04. The zero-order chi connectivity index (χ0) is 13.2. The van der Waals surface area contributed by atoms with Crippen molar-refractivity contribution >= 4 is 11.0 Å². The average Bonchev–Trinajstić information content (AvgIpc) is 2.77. The number of hydrogen-bond acceptors (Lipinski definition) is 1. The Morgan fingerprint density at radius 1 is 1.11 bits per heavy atom. The second-order valence-corrected chi connectivity index (χ2v) is 4.59. The lowest BCUT2D eigenvalue weighted by Gasteiger charge is -2.08. The number of para-hydroxylation sites is 2. The van der Waals surface area contributed by atoms with Gasteiger partial charge in [0.2, 0.25) is 0 Å². The molecule has 2 nitrogen and oxygen atoms in total. The Morgan fingerprint density at radius 2 is 1.95 bits per heavy atom. The number of rotatable bonds is 3. The highest BCUT2D eigenvalue weighted by Crippen LogP contribution is 2.18. The quantitative estimate of drug-likeness (QED) is 0.695. The van der Waals surface area contributed by atoms with Crippen LogP contribution in [0.25, 0.3) is 11.0 Å². The number of halogens is 1. The lowest BCUT2D eigenvalue weighted by atomic mass is 10.2. The molecule has 2 aromatic carbocycles. The summed E-state index contributed by atoms with van der Waals surface area (Å²) in [5.74, 6) is 0.838. The van der Waals surface area contributed by atoms with Crippen molar-refractivity contribution < 1.29 is 4.39 Å². The van der Waals surface area contributed by atoms with Gasteiger partial charge in [-0.3, -0.25) is 0 Å². The third kappa shape index (κ3) is 2.24. The normalized spacial score (nSPS) is 11.1.